The Morgan fingerprint density at radius 1 is 0.917 bits per heavy atom. The number of ether oxygens (including phenoxy) is 1. The van der Waals surface area contributed by atoms with Crippen LogP contribution in [-0.2, 0) is 12.8 Å². The molecule has 3 aromatic rings. The summed E-state index contributed by atoms with van der Waals surface area (Å²) in [6.07, 6.45) is -3.29. The van der Waals surface area contributed by atoms with Gasteiger partial charge in [0.2, 0.25) is 5.88 Å². The lowest BCUT2D eigenvalue weighted by Gasteiger charge is -2.16. The summed E-state index contributed by atoms with van der Waals surface area (Å²) in [6.45, 7) is -0.797. The molecule has 0 fully saturated rings. The number of carboxylic acid groups (broad SMARTS) is 1. The zero-order valence-corrected chi connectivity index (χ0v) is 18.2. The maximum Gasteiger partial charge on any atom is 0.417 e. The minimum atomic E-state index is -4.77. The number of carboxylic acids is 1. The highest BCUT2D eigenvalue weighted by Gasteiger charge is 2.33. The molecule has 11 heteroatoms. The first kappa shape index (κ1) is 25.2. The van der Waals surface area contributed by atoms with E-state index in [2.05, 4.69) is 4.98 Å². The predicted octanol–water partition coefficient (Wildman–Crippen LogP) is 7.03. The Morgan fingerprint density at radius 3 is 2.19 bits per heavy atom. The van der Waals surface area contributed by atoms with Crippen molar-refractivity contribution in [2.45, 2.75) is 32.0 Å². The third-order valence-electron chi connectivity index (χ3n) is 5.67. The Kier molecular flexibility index (Phi) is 6.75. The summed E-state index contributed by atoms with van der Waals surface area (Å²) in [5.41, 5.74) is -1.40. The molecule has 36 heavy (non-hydrogen) atoms. The number of allylic oxidation sites excluding steroid dienone is 2. The number of aromatic nitrogens is 1. The molecule has 4 rings (SSSR count). The molecule has 1 N–H and O–H groups in total. The molecule has 0 saturated heterocycles. The highest BCUT2D eigenvalue weighted by molar-refractivity contribution is 5.96. The van der Waals surface area contributed by atoms with Crippen LogP contribution in [0.25, 0.3) is 11.1 Å². The van der Waals surface area contributed by atoms with Crippen LogP contribution < -0.4 is 4.74 Å². The van der Waals surface area contributed by atoms with Crippen molar-refractivity contribution in [3.05, 3.63) is 93.7 Å². The molecule has 0 aliphatic heterocycles. The normalized spacial score (nSPS) is 13.9. The largest absolute Gasteiger partial charge is 0.478 e. The van der Waals surface area contributed by atoms with Crippen LogP contribution in [0.3, 0.4) is 0 Å². The first-order valence-corrected chi connectivity index (χ1v) is 10.5. The quantitative estimate of drug-likeness (QED) is 0.361. The van der Waals surface area contributed by atoms with Gasteiger partial charge in [-0.05, 0) is 60.2 Å². The molecule has 0 spiro atoms. The fourth-order valence-electron chi connectivity index (χ4n) is 4.04. The van der Waals surface area contributed by atoms with Gasteiger partial charge in [-0.1, -0.05) is 0 Å². The summed E-state index contributed by atoms with van der Waals surface area (Å²) >= 11 is 0. The fraction of sp³-hybridized carbons (Fsp3) is 0.200. The lowest BCUT2D eigenvalue weighted by molar-refractivity contribution is -0.137. The zero-order chi connectivity index (χ0) is 26.2. The van der Waals surface area contributed by atoms with Gasteiger partial charge in [0.1, 0.15) is 29.9 Å². The minimum Gasteiger partial charge on any atom is -0.478 e. The van der Waals surface area contributed by atoms with Gasteiger partial charge in [0.25, 0.3) is 0 Å². The van der Waals surface area contributed by atoms with Crippen LogP contribution in [0.1, 0.15) is 51.9 Å². The van der Waals surface area contributed by atoms with E-state index in [-0.39, 0.29) is 29.0 Å². The Hall–Kier alpha value is -3.89. The van der Waals surface area contributed by atoms with Gasteiger partial charge < -0.3 is 9.84 Å². The van der Waals surface area contributed by atoms with Gasteiger partial charge in [-0.15, -0.1) is 0 Å². The Balaban J connectivity index is 1.82. The second kappa shape index (κ2) is 9.63. The highest BCUT2D eigenvalue weighted by atomic mass is 19.4. The average molecular weight is 511 g/mol. The third kappa shape index (κ3) is 5.19. The SMILES string of the molecule is O=C(O)c1cc(F)cc(C2=C(c3cc(C(F)(F)F)cnc3OCc3c(F)cc(F)cc3F)CCC2)c1. The zero-order valence-electron chi connectivity index (χ0n) is 18.2. The van der Waals surface area contributed by atoms with E-state index >= 15 is 0 Å². The fourth-order valence-corrected chi connectivity index (χ4v) is 4.04. The standard InChI is InChI=1S/C25H16F7NO3/c26-15-5-12(4-13(6-15)24(34)35)17-2-1-3-18(17)19-7-14(25(30,31)32)10-33-23(19)36-11-20-21(28)8-16(27)9-22(20)29/h4-10H,1-3,11H2,(H,34,35). The Labute approximate surface area is 199 Å². The van der Waals surface area contributed by atoms with Crippen LogP contribution in [-0.4, -0.2) is 16.1 Å². The molecule has 0 saturated carbocycles. The number of alkyl halides is 3. The number of pyridine rings is 1. The van der Waals surface area contributed by atoms with E-state index in [9.17, 15) is 40.6 Å². The number of halogens is 7. The molecule has 0 amide bonds. The molecular weight excluding hydrogens is 495 g/mol. The Morgan fingerprint density at radius 2 is 1.56 bits per heavy atom. The van der Waals surface area contributed by atoms with Crippen molar-refractivity contribution < 1.29 is 45.4 Å². The van der Waals surface area contributed by atoms with Crippen molar-refractivity contribution in [2.75, 3.05) is 0 Å². The average Bonchev–Trinajstić information content (AvgIpc) is 3.27. The van der Waals surface area contributed by atoms with Crippen LogP contribution in [0.5, 0.6) is 5.88 Å². The summed E-state index contributed by atoms with van der Waals surface area (Å²) in [4.78, 5) is 15.1. The number of hydrogen-bond donors (Lipinski definition) is 1. The van der Waals surface area contributed by atoms with E-state index in [0.29, 0.717) is 42.3 Å². The first-order chi connectivity index (χ1) is 16.9. The molecule has 1 aliphatic rings. The Bertz CT molecular complexity index is 1360. The van der Waals surface area contributed by atoms with Crippen molar-refractivity contribution in [1.82, 2.24) is 4.98 Å². The van der Waals surface area contributed by atoms with Crippen LogP contribution in [0.4, 0.5) is 30.7 Å². The number of nitrogens with zero attached hydrogens (tertiary/aromatic N) is 1. The number of carbonyl (C=O) groups is 1. The number of rotatable bonds is 6. The molecule has 1 aromatic heterocycles. The molecule has 1 heterocycles. The highest BCUT2D eigenvalue weighted by Crippen LogP contribution is 2.44. The minimum absolute atomic E-state index is 0.138. The van der Waals surface area contributed by atoms with E-state index in [1.54, 1.807) is 0 Å². The molecule has 4 nitrogen and oxygen atoms in total. The number of hydrogen-bond acceptors (Lipinski definition) is 3. The van der Waals surface area contributed by atoms with Gasteiger partial charge in [-0.25, -0.2) is 27.3 Å². The summed E-state index contributed by atoms with van der Waals surface area (Å²) in [6, 6.07) is 4.72. The maximum atomic E-state index is 14.1. The van der Waals surface area contributed by atoms with Gasteiger partial charge >= 0.3 is 12.1 Å². The predicted molar refractivity (Wildman–Crippen MR) is 114 cm³/mol. The van der Waals surface area contributed by atoms with E-state index in [0.717, 1.165) is 18.2 Å². The van der Waals surface area contributed by atoms with Gasteiger partial charge in [-0.2, -0.15) is 13.2 Å². The summed E-state index contributed by atoms with van der Waals surface area (Å²) < 4.78 is 101. The van der Waals surface area contributed by atoms with Crippen LogP contribution in [0, 0.1) is 23.3 Å². The molecule has 0 bridgehead atoms. The van der Waals surface area contributed by atoms with Crippen molar-refractivity contribution in [2.24, 2.45) is 0 Å². The second-order valence-electron chi connectivity index (χ2n) is 8.06. The summed E-state index contributed by atoms with van der Waals surface area (Å²) in [7, 11) is 0. The van der Waals surface area contributed by atoms with E-state index in [1.165, 1.54) is 6.07 Å². The lowest BCUT2D eigenvalue weighted by atomic mass is 9.95. The lowest BCUT2D eigenvalue weighted by Crippen LogP contribution is -2.10. The molecule has 0 radical (unpaired) electrons. The number of aromatic carboxylic acids is 1. The van der Waals surface area contributed by atoms with E-state index in [1.807, 2.05) is 0 Å². The van der Waals surface area contributed by atoms with Crippen molar-refractivity contribution in [3.63, 3.8) is 0 Å². The van der Waals surface area contributed by atoms with Gasteiger partial charge in [-0.3, -0.25) is 0 Å². The molecule has 188 valence electrons. The molecule has 2 aromatic carbocycles. The third-order valence-corrected chi connectivity index (χ3v) is 5.67. The van der Waals surface area contributed by atoms with Crippen molar-refractivity contribution >= 4 is 17.1 Å². The van der Waals surface area contributed by atoms with E-state index in [4.69, 9.17) is 4.74 Å². The van der Waals surface area contributed by atoms with E-state index < -0.39 is 53.1 Å². The van der Waals surface area contributed by atoms with Gasteiger partial charge in [0.15, 0.2) is 0 Å². The summed E-state index contributed by atoms with van der Waals surface area (Å²) in [5.74, 6) is -6.26. The molecule has 0 unspecified atom stereocenters. The topological polar surface area (TPSA) is 59.4 Å². The van der Waals surface area contributed by atoms with Gasteiger partial charge in [0, 0.05) is 23.9 Å². The smallest absolute Gasteiger partial charge is 0.417 e. The first-order valence-electron chi connectivity index (χ1n) is 10.5. The molecule has 0 atom stereocenters. The van der Waals surface area contributed by atoms with Crippen LogP contribution >= 0.6 is 0 Å². The monoisotopic (exact) mass is 511 g/mol. The van der Waals surface area contributed by atoms with Crippen LogP contribution in [0.2, 0.25) is 0 Å². The molecule has 1 aliphatic carbocycles. The van der Waals surface area contributed by atoms with Crippen molar-refractivity contribution in [1.29, 1.82) is 0 Å². The maximum absolute atomic E-state index is 14.1. The van der Waals surface area contributed by atoms with Crippen molar-refractivity contribution in [3.8, 4) is 5.88 Å². The molecular formula is C25H16F7NO3. The summed E-state index contributed by atoms with van der Waals surface area (Å²) in [5, 5.41) is 9.25. The van der Waals surface area contributed by atoms with Gasteiger partial charge in [0.05, 0.1) is 16.7 Å². The number of benzene rings is 2. The second-order valence-corrected chi connectivity index (χ2v) is 8.06. The van der Waals surface area contributed by atoms with Crippen LogP contribution in [0.15, 0.2) is 42.6 Å².